The van der Waals surface area contributed by atoms with Gasteiger partial charge < -0.3 is 14.6 Å². The van der Waals surface area contributed by atoms with Gasteiger partial charge in [-0.2, -0.15) is 4.98 Å². The van der Waals surface area contributed by atoms with E-state index in [0.717, 1.165) is 17.5 Å². The van der Waals surface area contributed by atoms with Crippen LogP contribution in [0.1, 0.15) is 42.5 Å². The van der Waals surface area contributed by atoms with Crippen molar-refractivity contribution in [1.29, 1.82) is 0 Å². The Labute approximate surface area is 214 Å². The molecule has 37 heavy (non-hydrogen) atoms. The molecule has 0 radical (unpaired) electrons. The lowest BCUT2D eigenvalue weighted by molar-refractivity contribution is 0.244. The van der Waals surface area contributed by atoms with Crippen LogP contribution in [0.15, 0.2) is 77.0 Å². The third kappa shape index (κ3) is 4.58. The zero-order valence-corrected chi connectivity index (χ0v) is 21.1. The van der Waals surface area contributed by atoms with Crippen LogP contribution in [-0.2, 0) is 6.42 Å². The topological polar surface area (TPSA) is 80.5 Å². The number of benzene rings is 3. The highest BCUT2D eigenvalue weighted by atomic mass is 19.1. The number of hydrogen-bond acceptors (Lipinski definition) is 5. The summed E-state index contributed by atoms with van der Waals surface area (Å²) >= 11 is 0. The largest absolute Gasteiger partial charge is 0.497 e. The Morgan fingerprint density at radius 1 is 1.08 bits per heavy atom. The number of allylic oxidation sites excluding steroid dienone is 1. The summed E-state index contributed by atoms with van der Waals surface area (Å²) in [5, 5.41) is 7.25. The van der Waals surface area contributed by atoms with Gasteiger partial charge in [0.2, 0.25) is 5.82 Å². The van der Waals surface area contributed by atoms with Crippen LogP contribution in [0.4, 0.5) is 14.9 Å². The molecular formula is C29H27FN4O3. The number of ether oxygens (including phenoxy) is 1. The molecule has 4 aromatic rings. The zero-order valence-electron chi connectivity index (χ0n) is 21.1. The lowest BCUT2D eigenvalue weighted by atomic mass is 9.94. The van der Waals surface area contributed by atoms with Crippen molar-refractivity contribution in [1.82, 2.24) is 15.5 Å². The Bertz CT molecular complexity index is 1490. The Balaban J connectivity index is 1.64. The molecule has 5 rings (SSSR count). The van der Waals surface area contributed by atoms with Crippen LogP contribution >= 0.6 is 0 Å². The second-order valence-corrected chi connectivity index (χ2v) is 8.90. The average Bonchev–Trinajstić information content (AvgIpc) is 3.40. The van der Waals surface area contributed by atoms with E-state index >= 15 is 0 Å². The summed E-state index contributed by atoms with van der Waals surface area (Å²) in [4.78, 5) is 19.5. The standard InChI is InChI=1S/C29H27FN4O3/c1-5-19-10-12-20(13-11-19)27-32-28(37-33-27)25-18(3)34(22-14-9-17(2)24(30)16-22)29(35)31-26(25)21-7-6-8-23(15-21)36-4/h6-16,26H,5H2,1-4H3,(H,31,35). The molecule has 1 atom stereocenters. The number of carbonyl (C=O) groups is 1. The van der Waals surface area contributed by atoms with Crippen LogP contribution in [0, 0.1) is 12.7 Å². The van der Waals surface area contributed by atoms with E-state index < -0.39 is 17.9 Å². The van der Waals surface area contributed by atoms with Crippen molar-refractivity contribution in [2.45, 2.75) is 33.2 Å². The van der Waals surface area contributed by atoms with Crippen molar-refractivity contribution in [3.8, 4) is 17.1 Å². The number of aromatic nitrogens is 2. The van der Waals surface area contributed by atoms with Crippen molar-refractivity contribution < 1.29 is 18.4 Å². The second-order valence-electron chi connectivity index (χ2n) is 8.90. The van der Waals surface area contributed by atoms with Gasteiger partial charge >= 0.3 is 6.03 Å². The van der Waals surface area contributed by atoms with Crippen molar-refractivity contribution >= 4 is 17.3 Å². The van der Waals surface area contributed by atoms with E-state index in [1.165, 1.54) is 16.5 Å². The first-order valence-electron chi connectivity index (χ1n) is 12.0. The number of hydrogen-bond donors (Lipinski definition) is 1. The van der Waals surface area contributed by atoms with Crippen molar-refractivity contribution in [2.75, 3.05) is 12.0 Å². The van der Waals surface area contributed by atoms with E-state index in [1.807, 2.05) is 48.5 Å². The summed E-state index contributed by atoms with van der Waals surface area (Å²) < 4.78 is 25.6. The minimum Gasteiger partial charge on any atom is -0.497 e. The van der Waals surface area contributed by atoms with Crippen molar-refractivity contribution in [2.24, 2.45) is 0 Å². The first kappa shape index (κ1) is 24.2. The normalized spacial score (nSPS) is 15.6. The minimum absolute atomic E-state index is 0.262. The molecule has 7 nitrogen and oxygen atoms in total. The number of anilines is 1. The summed E-state index contributed by atoms with van der Waals surface area (Å²) in [5.41, 5.74) is 4.86. The number of urea groups is 1. The smallest absolute Gasteiger partial charge is 0.327 e. The molecule has 1 unspecified atom stereocenters. The number of rotatable bonds is 6. The van der Waals surface area contributed by atoms with Gasteiger partial charge in [0.25, 0.3) is 5.89 Å². The molecule has 1 aliphatic heterocycles. The Morgan fingerprint density at radius 2 is 1.86 bits per heavy atom. The number of nitrogens with zero attached hydrogens (tertiary/aromatic N) is 3. The molecule has 0 spiro atoms. The van der Waals surface area contributed by atoms with Gasteiger partial charge in [0, 0.05) is 11.3 Å². The fraction of sp³-hybridized carbons (Fsp3) is 0.207. The molecule has 0 saturated heterocycles. The zero-order chi connectivity index (χ0) is 26.1. The quantitative estimate of drug-likeness (QED) is 0.330. The number of methoxy groups -OCH3 is 1. The van der Waals surface area contributed by atoms with Gasteiger partial charge in [-0.15, -0.1) is 0 Å². The van der Waals surface area contributed by atoms with E-state index in [0.29, 0.717) is 34.1 Å². The van der Waals surface area contributed by atoms with Gasteiger partial charge in [0.1, 0.15) is 11.6 Å². The highest BCUT2D eigenvalue weighted by Gasteiger charge is 2.37. The molecule has 1 N–H and O–H groups in total. The van der Waals surface area contributed by atoms with E-state index in [1.54, 1.807) is 33.1 Å². The van der Waals surface area contributed by atoms with E-state index in [2.05, 4.69) is 17.4 Å². The fourth-order valence-corrected chi connectivity index (χ4v) is 4.46. The average molecular weight is 499 g/mol. The lowest BCUT2D eigenvalue weighted by Crippen LogP contribution is -2.46. The maximum Gasteiger partial charge on any atom is 0.327 e. The molecule has 0 fully saturated rings. The van der Waals surface area contributed by atoms with Crippen LogP contribution in [0.5, 0.6) is 5.75 Å². The fourth-order valence-electron chi connectivity index (χ4n) is 4.46. The third-order valence-corrected chi connectivity index (χ3v) is 6.60. The lowest BCUT2D eigenvalue weighted by Gasteiger charge is -2.35. The molecular weight excluding hydrogens is 471 g/mol. The molecule has 8 heteroatoms. The Hall–Kier alpha value is -4.46. The number of carbonyl (C=O) groups excluding carboxylic acids is 1. The molecule has 0 saturated carbocycles. The SMILES string of the molecule is CCc1ccc(-c2noc(C3=C(C)N(c4ccc(C)c(F)c4)C(=O)NC3c3cccc(OC)c3)n2)cc1. The number of halogens is 1. The molecule has 0 aliphatic carbocycles. The first-order valence-corrected chi connectivity index (χ1v) is 12.0. The summed E-state index contributed by atoms with van der Waals surface area (Å²) in [6.45, 7) is 5.56. The first-order chi connectivity index (χ1) is 17.9. The van der Waals surface area contributed by atoms with Gasteiger partial charge in [-0.1, -0.05) is 54.5 Å². The van der Waals surface area contributed by atoms with Gasteiger partial charge in [0.15, 0.2) is 0 Å². The second kappa shape index (κ2) is 9.89. The maximum absolute atomic E-state index is 14.4. The minimum atomic E-state index is -0.593. The third-order valence-electron chi connectivity index (χ3n) is 6.60. The van der Waals surface area contributed by atoms with Crippen LogP contribution in [0.3, 0.4) is 0 Å². The van der Waals surface area contributed by atoms with E-state index in [9.17, 15) is 9.18 Å². The van der Waals surface area contributed by atoms with Gasteiger partial charge in [0.05, 0.1) is 24.4 Å². The summed E-state index contributed by atoms with van der Waals surface area (Å²) in [6, 6.07) is 19.1. The predicted octanol–water partition coefficient (Wildman–Crippen LogP) is 6.46. The number of amides is 2. The van der Waals surface area contributed by atoms with Gasteiger partial charge in [-0.05, 0) is 61.2 Å². The predicted molar refractivity (Wildman–Crippen MR) is 140 cm³/mol. The summed E-state index contributed by atoms with van der Waals surface area (Å²) in [7, 11) is 1.59. The van der Waals surface area contributed by atoms with Crippen LogP contribution < -0.4 is 15.0 Å². The molecule has 0 bridgehead atoms. The summed E-state index contributed by atoms with van der Waals surface area (Å²) in [5.74, 6) is 0.948. The molecule has 2 heterocycles. The van der Waals surface area contributed by atoms with Gasteiger partial charge in [-0.25, -0.2) is 9.18 Å². The van der Waals surface area contributed by atoms with Crippen molar-refractivity contribution in [3.05, 3.63) is 101 Å². The number of aryl methyl sites for hydroxylation is 2. The molecule has 1 aromatic heterocycles. The van der Waals surface area contributed by atoms with Gasteiger partial charge in [-0.3, -0.25) is 4.90 Å². The Morgan fingerprint density at radius 3 is 2.57 bits per heavy atom. The van der Waals surface area contributed by atoms with Crippen LogP contribution in [0.2, 0.25) is 0 Å². The molecule has 2 amide bonds. The molecule has 1 aliphatic rings. The van der Waals surface area contributed by atoms with Crippen LogP contribution in [0.25, 0.3) is 17.0 Å². The molecule has 3 aromatic carbocycles. The molecule has 188 valence electrons. The van der Waals surface area contributed by atoms with Crippen LogP contribution in [-0.4, -0.2) is 23.3 Å². The van der Waals surface area contributed by atoms with E-state index in [-0.39, 0.29) is 5.89 Å². The highest BCUT2D eigenvalue weighted by Crippen LogP contribution is 2.40. The Kier molecular flexibility index (Phi) is 6.48. The van der Waals surface area contributed by atoms with E-state index in [4.69, 9.17) is 14.2 Å². The monoisotopic (exact) mass is 498 g/mol. The summed E-state index contributed by atoms with van der Waals surface area (Å²) in [6.07, 6.45) is 0.932. The van der Waals surface area contributed by atoms with Crippen molar-refractivity contribution in [3.63, 3.8) is 0 Å². The number of nitrogens with one attached hydrogen (secondary N) is 1. The maximum atomic E-state index is 14.4. The highest BCUT2D eigenvalue weighted by molar-refractivity contribution is 6.01.